The molecule has 19 nitrogen and oxygen atoms in total. The van der Waals surface area contributed by atoms with E-state index in [4.69, 9.17) is 13.9 Å². The Morgan fingerprint density at radius 1 is 0.618 bits per heavy atom. The Labute approximate surface area is 606 Å². The zero-order chi connectivity index (χ0) is 60.5. The zero-order valence-corrected chi connectivity index (χ0v) is 61.3. The van der Waals surface area contributed by atoms with E-state index in [0.717, 1.165) is 75.0 Å². The summed E-state index contributed by atoms with van der Waals surface area (Å²) in [6.45, 7) is 10.8. The number of hydrogen-bond donors (Lipinski definition) is 7. The molecule has 4 amide bonds. The minimum atomic E-state index is -5.35. The van der Waals surface area contributed by atoms with E-state index >= 15 is 0 Å². The summed E-state index contributed by atoms with van der Waals surface area (Å²) in [5.41, 5.74) is 6.64. The van der Waals surface area contributed by atoms with Gasteiger partial charge in [-0.1, -0.05) is 59.4 Å². The second-order valence-corrected chi connectivity index (χ2v) is 24.5. The molecule has 0 radical (unpaired) electrons. The smallest absolute Gasteiger partial charge is 0.744 e. The van der Waals surface area contributed by atoms with Crippen molar-refractivity contribution in [2.75, 3.05) is 26.6 Å². The summed E-state index contributed by atoms with van der Waals surface area (Å²) in [4.78, 5) is 41.3. The second kappa shape index (κ2) is 31.2. The minimum Gasteiger partial charge on any atom is -0.744 e. The van der Waals surface area contributed by atoms with Crippen LogP contribution >= 0.6 is 0 Å². The van der Waals surface area contributed by atoms with E-state index in [1.807, 2.05) is 26.8 Å². The van der Waals surface area contributed by atoms with Crippen molar-refractivity contribution >= 4 is 89.0 Å². The number of carbonyl (C=O) groups is 3. The molecule has 1 aliphatic heterocycles. The number of carboxylic acid groups (broad SMARTS) is 1. The van der Waals surface area contributed by atoms with Gasteiger partial charge in [-0.25, -0.2) is 23.0 Å². The number of hydrogen-bond acceptors (Lipinski definition) is 13. The van der Waals surface area contributed by atoms with Gasteiger partial charge in [0, 0.05) is 45.0 Å². The first-order valence-corrected chi connectivity index (χ1v) is 30.8. The number of benzene rings is 7. The van der Waals surface area contributed by atoms with Crippen LogP contribution in [0.5, 0.6) is 11.5 Å². The largest absolute Gasteiger partial charge is 1.00 e. The van der Waals surface area contributed by atoms with E-state index in [0.29, 0.717) is 62.1 Å². The first kappa shape index (κ1) is 73.3. The van der Waals surface area contributed by atoms with Crippen molar-refractivity contribution in [2.24, 2.45) is 0 Å². The summed E-state index contributed by atoms with van der Waals surface area (Å²) in [6, 6.07) is 29.2. The minimum absolute atomic E-state index is 0. The fraction of sp³-hybridized carbons (Fsp3) is 0.281. The van der Waals surface area contributed by atoms with Crippen molar-refractivity contribution in [3.8, 4) is 33.9 Å². The quantitative estimate of drug-likeness (QED) is 0.0279. The van der Waals surface area contributed by atoms with Gasteiger partial charge in [-0.15, -0.1) is 24.3 Å². The molecule has 6 aromatic rings. The van der Waals surface area contributed by atoms with E-state index in [-0.39, 0.29) is 186 Å². The number of aryl methyl sites for hydroxylation is 4. The normalized spacial score (nSPS) is 13.8. The number of ether oxygens (including phenoxy) is 2. The molecule has 0 aromatic heterocycles. The molecule has 7 N–H and O–H groups in total. The third-order valence-corrected chi connectivity index (χ3v) is 17.4. The van der Waals surface area contributed by atoms with Crippen LogP contribution in [-0.2, 0) is 20.2 Å². The van der Waals surface area contributed by atoms with Crippen molar-refractivity contribution in [1.82, 2.24) is 0 Å². The summed E-state index contributed by atoms with van der Waals surface area (Å²) in [5.74, 6) is -0.737. The van der Waals surface area contributed by atoms with E-state index in [1.54, 1.807) is 51.1 Å². The average molecular weight is 1280 g/mol. The van der Waals surface area contributed by atoms with E-state index in [1.165, 1.54) is 61.0 Å². The number of urea groups is 2. The SMILES string of the molecule is Cc1cc(C)c(Nc2[c-]cc3c(-c4ccccc4S(=O)(=O)O)c4cc(S(=O)(=O)[O-])c(=[NH+]c5c(C)cc(C)c(NC(=O)Nc6ccc(OC7CCCCC7)c(C(=O)[O-])c6)c5C)cc-4oc3c2)c(C)c1NC(=O)Nc1c[c-]c(OC2CCCCC2)cc1.[Na+].[Na+].[Na+].[Na+]. The number of rotatable bonds is 15. The Balaban J connectivity index is 0.00000316. The van der Waals surface area contributed by atoms with Crippen LogP contribution < -0.4 is 170 Å². The molecule has 442 valence electrons. The maximum Gasteiger partial charge on any atom is 1.00 e. The maximum atomic E-state index is 13.7. The van der Waals surface area contributed by atoms with Crippen LogP contribution in [0.2, 0.25) is 0 Å². The number of amides is 4. The first-order valence-electron chi connectivity index (χ1n) is 27.9. The zero-order valence-electron chi connectivity index (χ0n) is 51.6. The Morgan fingerprint density at radius 3 is 1.81 bits per heavy atom. The predicted molar refractivity (Wildman–Crippen MR) is 320 cm³/mol. The van der Waals surface area contributed by atoms with Crippen LogP contribution in [0.3, 0.4) is 0 Å². The first-order chi connectivity index (χ1) is 40.5. The molecule has 6 aromatic carbocycles. The van der Waals surface area contributed by atoms with Crippen molar-refractivity contribution in [1.29, 1.82) is 0 Å². The summed E-state index contributed by atoms with van der Waals surface area (Å²) in [5, 5.41) is 27.0. The number of aromatic carboxylic acids is 1. The molecule has 0 bridgehead atoms. The third-order valence-electron chi connectivity index (χ3n) is 15.6. The van der Waals surface area contributed by atoms with Crippen molar-refractivity contribution in [3.63, 3.8) is 0 Å². The van der Waals surface area contributed by atoms with Crippen molar-refractivity contribution in [3.05, 3.63) is 153 Å². The fourth-order valence-corrected chi connectivity index (χ4v) is 12.9. The Hall–Kier alpha value is -4.76. The molecule has 25 heteroatoms. The third kappa shape index (κ3) is 17.3. The summed E-state index contributed by atoms with van der Waals surface area (Å²) in [7, 11) is -10.3. The number of carboxylic acids is 1. The van der Waals surface area contributed by atoms with Crippen LogP contribution in [0.15, 0.2) is 111 Å². The molecule has 89 heavy (non-hydrogen) atoms. The molecule has 3 aliphatic carbocycles. The van der Waals surface area contributed by atoms with Gasteiger partial charge in [0.25, 0.3) is 10.1 Å². The molecule has 2 saturated carbocycles. The van der Waals surface area contributed by atoms with Gasteiger partial charge in [0.1, 0.15) is 31.4 Å². The molecule has 2 fully saturated rings. The molecular formula is C64H63N6Na4O13S2+. The van der Waals surface area contributed by atoms with Gasteiger partial charge in [-0.2, -0.15) is 26.6 Å². The Morgan fingerprint density at radius 2 is 1.20 bits per heavy atom. The number of anilines is 6. The van der Waals surface area contributed by atoms with Gasteiger partial charge in [-0.3, -0.25) is 4.55 Å². The van der Waals surface area contributed by atoms with Crippen molar-refractivity contribution < 1.29 is 183 Å². The molecule has 0 atom stereocenters. The summed E-state index contributed by atoms with van der Waals surface area (Å²) in [6.07, 6.45) is 10.1. The molecule has 0 saturated heterocycles. The number of fused-ring (bicyclic) bond motifs is 2. The molecule has 10 rings (SSSR count). The van der Waals surface area contributed by atoms with Gasteiger partial charge in [0.15, 0.2) is 0 Å². The molecular weight excluding hydrogens is 1220 g/mol. The van der Waals surface area contributed by atoms with Gasteiger partial charge in [0.05, 0.1) is 35.6 Å². The van der Waals surface area contributed by atoms with E-state index in [9.17, 15) is 45.4 Å². The van der Waals surface area contributed by atoms with Crippen LogP contribution in [0, 0.1) is 53.7 Å². The maximum absolute atomic E-state index is 13.7. The second-order valence-electron chi connectivity index (χ2n) is 21.7. The summed E-state index contributed by atoms with van der Waals surface area (Å²) < 4.78 is 95.6. The average Bonchev–Trinajstić information content (AvgIpc) is 3.13. The van der Waals surface area contributed by atoms with Gasteiger partial charge in [0.2, 0.25) is 11.0 Å². The monoisotopic (exact) mass is 1280 g/mol. The molecule has 0 spiro atoms. The molecule has 4 aliphatic rings. The Bertz CT molecular complexity index is 4250. The van der Waals surface area contributed by atoms with Crippen LogP contribution in [0.25, 0.3) is 33.4 Å². The number of carbonyl (C=O) groups excluding carboxylic acids is 3. The standard InChI is InChI=1S/C64H64N6O13S2.4Na/c1-35-29-37(3)60(69-63(73)66-41-21-25-46(26-22-41)81-44-15-9-7-10-16-44)39(5)58(35)65-43-23-27-47-53(32-43)83-54-34-51(56(85(78,79)80)33-49(54)57(47)48-19-13-14-20-55(48)84(75,76)77)68-59-36(2)30-38(4)61(40(59)6)70-64(74)67-42-24-28-52(50(31-42)62(71)72)82-45-17-11-8-12-18-45;;;;/h13-14,19-22,24-25,27-34,44-45,65H,7-12,15-18H2,1-6H3,(H,71,72)(H2,66,69,73)(H2,67,70,74)(H,75,76,77)(H,78,79,80);;;;/q-2;4*+1/p-1. The van der Waals surface area contributed by atoms with Crippen molar-refractivity contribution in [2.45, 2.75) is 128 Å². The van der Waals surface area contributed by atoms with E-state index < -0.39 is 48.1 Å². The fourth-order valence-electron chi connectivity index (χ4n) is 11.5. The summed E-state index contributed by atoms with van der Waals surface area (Å²) >= 11 is 0. The van der Waals surface area contributed by atoms with Crippen LogP contribution in [0.4, 0.5) is 49.4 Å². The predicted octanol–water partition coefficient (Wildman–Crippen LogP) is -1.05. The molecule has 1 heterocycles. The van der Waals surface area contributed by atoms with Crippen LogP contribution in [0.1, 0.15) is 108 Å². The molecule has 0 unspecified atom stereocenters. The topological polar surface area (TPSA) is 292 Å². The Kier molecular flexibility index (Phi) is 25.7. The van der Waals surface area contributed by atoms with Gasteiger partial charge >= 0.3 is 130 Å². The van der Waals surface area contributed by atoms with Crippen LogP contribution in [-0.4, -0.2) is 56.2 Å². The van der Waals surface area contributed by atoms with Gasteiger partial charge in [-0.05, 0) is 157 Å². The number of nitrogens with one attached hydrogen (secondary N) is 6. The van der Waals surface area contributed by atoms with E-state index in [2.05, 4.69) is 43.7 Å². The van der Waals surface area contributed by atoms with Gasteiger partial charge < -0.3 is 54.9 Å².